The fourth-order valence-corrected chi connectivity index (χ4v) is 3.33. The van der Waals surface area contributed by atoms with Crippen molar-refractivity contribution in [2.24, 2.45) is 0 Å². The average molecular weight is 253 g/mol. The highest BCUT2D eigenvalue weighted by molar-refractivity contribution is 6.18. The van der Waals surface area contributed by atoms with Gasteiger partial charge in [-0.2, -0.15) is 0 Å². The molecule has 0 radical (unpaired) electrons. The summed E-state index contributed by atoms with van der Waals surface area (Å²) in [5, 5.41) is 0. The maximum Gasteiger partial charge on any atom is 0.122 e. The maximum atomic E-state index is 6.27. The van der Waals surface area contributed by atoms with E-state index < -0.39 is 0 Å². The summed E-state index contributed by atoms with van der Waals surface area (Å²) in [5.41, 5.74) is 2.85. The first-order valence-electron chi connectivity index (χ1n) is 6.49. The lowest BCUT2D eigenvalue weighted by Crippen LogP contribution is -2.25. The highest BCUT2D eigenvalue weighted by Crippen LogP contribution is 2.45. The van der Waals surface area contributed by atoms with Gasteiger partial charge in [-0.1, -0.05) is 31.9 Å². The van der Waals surface area contributed by atoms with E-state index in [1.807, 2.05) is 0 Å². The highest BCUT2D eigenvalue weighted by atomic mass is 35.5. The second-order valence-corrected chi connectivity index (χ2v) is 5.28. The molecule has 0 amide bonds. The van der Waals surface area contributed by atoms with E-state index in [0.717, 1.165) is 12.2 Å². The standard InChI is InChI=1S/C15H21ClO/c1-3-12-6-7-14(17-2)13(10-12)15(11-16)8-4-5-9-15/h6-7,10H,3-5,8-9,11H2,1-2H3. The molecule has 0 aromatic heterocycles. The third-order valence-electron chi connectivity index (χ3n) is 4.06. The molecule has 0 saturated heterocycles. The molecule has 0 N–H and O–H groups in total. The van der Waals surface area contributed by atoms with Gasteiger partial charge in [-0.15, -0.1) is 11.6 Å². The molecule has 1 aliphatic rings. The summed E-state index contributed by atoms with van der Waals surface area (Å²) in [6.07, 6.45) is 6.02. The summed E-state index contributed by atoms with van der Waals surface area (Å²) in [5.74, 6) is 1.71. The van der Waals surface area contributed by atoms with Crippen LogP contribution < -0.4 is 4.74 Å². The Labute approximate surface area is 109 Å². The van der Waals surface area contributed by atoms with Crippen LogP contribution in [-0.4, -0.2) is 13.0 Å². The van der Waals surface area contributed by atoms with Crippen LogP contribution in [0, 0.1) is 0 Å². The first-order chi connectivity index (χ1) is 8.25. The zero-order chi connectivity index (χ0) is 12.3. The van der Waals surface area contributed by atoms with Crippen LogP contribution >= 0.6 is 11.6 Å². The summed E-state index contributed by atoms with van der Waals surface area (Å²) in [7, 11) is 1.75. The van der Waals surface area contributed by atoms with Gasteiger partial charge in [-0.05, 0) is 30.9 Å². The van der Waals surface area contributed by atoms with Crippen LogP contribution in [0.25, 0.3) is 0 Å². The van der Waals surface area contributed by atoms with Crippen molar-refractivity contribution < 1.29 is 4.74 Å². The molecule has 1 fully saturated rings. The number of ether oxygens (including phenoxy) is 1. The van der Waals surface area contributed by atoms with Gasteiger partial charge in [0, 0.05) is 16.9 Å². The number of aryl methyl sites for hydroxylation is 1. The maximum absolute atomic E-state index is 6.27. The fourth-order valence-electron chi connectivity index (χ4n) is 2.92. The predicted octanol–water partition coefficient (Wildman–Crippen LogP) is 4.31. The number of alkyl halides is 1. The van der Waals surface area contributed by atoms with E-state index in [-0.39, 0.29) is 5.41 Å². The molecule has 0 heterocycles. The van der Waals surface area contributed by atoms with Crippen molar-refractivity contribution in [2.45, 2.75) is 44.4 Å². The number of benzene rings is 1. The summed E-state index contributed by atoms with van der Waals surface area (Å²) in [6.45, 7) is 2.19. The van der Waals surface area contributed by atoms with Crippen molar-refractivity contribution in [2.75, 3.05) is 13.0 Å². The van der Waals surface area contributed by atoms with Gasteiger partial charge in [0.25, 0.3) is 0 Å². The minimum Gasteiger partial charge on any atom is -0.496 e. The summed E-state index contributed by atoms with van der Waals surface area (Å²) < 4.78 is 5.53. The molecule has 1 nitrogen and oxygen atoms in total. The van der Waals surface area contributed by atoms with Gasteiger partial charge in [-0.25, -0.2) is 0 Å². The smallest absolute Gasteiger partial charge is 0.122 e. The van der Waals surface area contributed by atoms with Gasteiger partial charge >= 0.3 is 0 Å². The fraction of sp³-hybridized carbons (Fsp3) is 0.600. The monoisotopic (exact) mass is 252 g/mol. The van der Waals surface area contributed by atoms with Gasteiger partial charge in [-0.3, -0.25) is 0 Å². The molecule has 0 aliphatic heterocycles. The van der Waals surface area contributed by atoms with E-state index in [2.05, 4.69) is 25.1 Å². The van der Waals surface area contributed by atoms with Crippen molar-refractivity contribution in [3.05, 3.63) is 29.3 Å². The summed E-state index contributed by atoms with van der Waals surface area (Å²) in [4.78, 5) is 0. The number of hydrogen-bond acceptors (Lipinski definition) is 1. The van der Waals surface area contributed by atoms with Crippen LogP contribution in [0.4, 0.5) is 0 Å². The second kappa shape index (κ2) is 5.30. The highest BCUT2D eigenvalue weighted by Gasteiger charge is 2.37. The molecule has 0 bridgehead atoms. The van der Waals surface area contributed by atoms with Crippen LogP contribution in [-0.2, 0) is 11.8 Å². The molecule has 1 aromatic carbocycles. The van der Waals surface area contributed by atoms with Crippen molar-refractivity contribution in [3.63, 3.8) is 0 Å². The number of methoxy groups -OCH3 is 1. The lowest BCUT2D eigenvalue weighted by Gasteiger charge is -2.29. The molecule has 1 saturated carbocycles. The second-order valence-electron chi connectivity index (χ2n) is 5.01. The molecule has 2 rings (SSSR count). The minimum atomic E-state index is 0.151. The Hall–Kier alpha value is -0.690. The normalized spacial score (nSPS) is 18.3. The van der Waals surface area contributed by atoms with E-state index in [1.54, 1.807) is 7.11 Å². The van der Waals surface area contributed by atoms with Gasteiger partial charge in [0.15, 0.2) is 0 Å². The van der Waals surface area contributed by atoms with Gasteiger partial charge in [0.2, 0.25) is 0 Å². The Morgan fingerprint density at radius 1 is 1.29 bits per heavy atom. The van der Waals surface area contributed by atoms with Crippen molar-refractivity contribution in [1.82, 2.24) is 0 Å². The number of hydrogen-bond donors (Lipinski definition) is 0. The Morgan fingerprint density at radius 2 is 2.00 bits per heavy atom. The molecular weight excluding hydrogens is 232 g/mol. The third-order valence-corrected chi connectivity index (χ3v) is 4.57. The van der Waals surface area contributed by atoms with Crippen LogP contribution in [0.5, 0.6) is 5.75 Å². The van der Waals surface area contributed by atoms with E-state index in [1.165, 1.54) is 36.8 Å². The van der Waals surface area contributed by atoms with Crippen LogP contribution in [0.15, 0.2) is 18.2 Å². The number of halogens is 1. The molecule has 1 aliphatic carbocycles. The SMILES string of the molecule is CCc1ccc(OC)c(C2(CCl)CCCC2)c1. The third kappa shape index (κ3) is 2.30. The van der Waals surface area contributed by atoms with Crippen LogP contribution in [0.3, 0.4) is 0 Å². The molecule has 2 heteroatoms. The lowest BCUT2D eigenvalue weighted by molar-refractivity contribution is 0.387. The molecule has 0 unspecified atom stereocenters. The summed E-state index contributed by atoms with van der Waals surface area (Å²) >= 11 is 6.27. The Morgan fingerprint density at radius 3 is 2.53 bits per heavy atom. The Balaban J connectivity index is 2.46. The predicted molar refractivity (Wildman–Crippen MR) is 73.2 cm³/mol. The first kappa shape index (κ1) is 12.8. The largest absolute Gasteiger partial charge is 0.496 e. The van der Waals surface area contributed by atoms with Crippen molar-refractivity contribution >= 4 is 11.6 Å². The summed E-state index contributed by atoms with van der Waals surface area (Å²) in [6, 6.07) is 6.55. The lowest BCUT2D eigenvalue weighted by atomic mass is 9.79. The molecule has 0 spiro atoms. The average Bonchev–Trinajstić information content (AvgIpc) is 2.88. The molecule has 94 valence electrons. The quantitative estimate of drug-likeness (QED) is 0.726. The van der Waals surface area contributed by atoms with Crippen molar-refractivity contribution in [1.29, 1.82) is 0 Å². The molecule has 17 heavy (non-hydrogen) atoms. The van der Waals surface area contributed by atoms with Gasteiger partial charge in [0.1, 0.15) is 5.75 Å². The van der Waals surface area contributed by atoms with Gasteiger partial charge in [0.05, 0.1) is 7.11 Å². The molecular formula is C15H21ClO. The number of rotatable bonds is 4. The van der Waals surface area contributed by atoms with Crippen LogP contribution in [0.1, 0.15) is 43.7 Å². The van der Waals surface area contributed by atoms with E-state index >= 15 is 0 Å². The van der Waals surface area contributed by atoms with Gasteiger partial charge < -0.3 is 4.74 Å². The van der Waals surface area contributed by atoms with Crippen LogP contribution in [0.2, 0.25) is 0 Å². The Kier molecular flexibility index (Phi) is 3.98. The van der Waals surface area contributed by atoms with E-state index in [9.17, 15) is 0 Å². The topological polar surface area (TPSA) is 9.23 Å². The molecule has 0 atom stereocenters. The van der Waals surface area contributed by atoms with Crippen molar-refractivity contribution in [3.8, 4) is 5.75 Å². The minimum absolute atomic E-state index is 0.151. The Bertz CT molecular complexity index is 381. The van der Waals surface area contributed by atoms with E-state index in [0.29, 0.717) is 5.88 Å². The zero-order valence-corrected chi connectivity index (χ0v) is 11.5. The van der Waals surface area contributed by atoms with E-state index in [4.69, 9.17) is 16.3 Å². The first-order valence-corrected chi connectivity index (χ1v) is 7.02. The molecule has 1 aromatic rings. The zero-order valence-electron chi connectivity index (χ0n) is 10.8.